The first-order chi connectivity index (χ1) is 5.95. The Morgan fingerprint density at radius 2 is 1.77 bits per heavy atom. The Labute approximate surface area is 94.1 Å². The highest BCUT2D eigenvalue weighted by atomic mass is 35.5. The Morgan fingerprint density at radius 1 is 1.23 bits per heavy atom. The maximum Gasteiger partial charge on any atom is 0.236 e. The molecule has 0 spiro atoms. The molecule has 1 rings (SSSR count). The zero-order valence-electron chi connectivity index (χ0n) is 5.98. The Kier molecular flexibility index (Phi) is 3.41. The maximum absolute atomic E-state index is 11.2. The van der Waals surface area contributed by atoms with Crippen LogP contribution in [-0.2, 0) is 9.59 Å². The zero-order chi connectivity index (χ0) is 10.2. The van der Waals surface area contributed by atoms with Crippen LogP contribution in [0, 0.1) is 5.92 Å². The molecule has 0 radical (unpaired) electrons. The van der Waals surface area contributed by atoms with Crippen molar-refractivity contribution in [3.05, 3.63) is 21.2 Å². The molecule has 0 aliphatic heterocycles. The van der Waals surface area contributed by atoms with Crippen molar-refractivity contribution in [3.8, 4) is 0 Å². The first-order valence-corrected chi connectivity index (χ1v) is 4.63. The molecule has 0 aromatic heterocycles. The van der Waals surface area contributed by atoms with Gasteiger partial charge in [-0.1, -0.05) is 34.8 Å². The van der Waals surface area contributed by atoms with Gasteiger partial charge in [-0.3, -0.25) is 9.59 Å². The summed E-state index contributed by atoms with van der Waals surface area (Å²) in [5.41, 5.74) is 0. The van der Waals surface area contributed by atoms with E-state index in [2.05, 4.69) is 0 Å². The van der Waals surface area contributed by atoms with Crippen molar-refractivity contribution < 1.29 is 9.59 Å². The summed E-state index contributed by atoms with van der Waals surface area (Å²) < 4.78 is 0. The highest BCUT2D eigenvalue weighted by Crippen LogP contribution is 2.34. The quantitative estimate of drug-likeness (QED) is 0.536. The van der Waals surface area contributed by atoms with E-state index < -0.39 is 16.9 Å². The minimum absolute atomic E-state index is 0.0532. The van der Waals surface area contributed by atoms with Crippen LogP contribution in [0.15, 0.2) is 21.2 Å². The fourth-order valence-corrected chi connectivity index (χ4v) is 1.62. The topological polar surface area (TPSA) is 34.1 Å². The number of hydrogen-bond donors (Lipinski definition) is 0. The monoisotopic (exact) mass is 258 g/mol. The molecule has 0 saturated heterocycles. The molecule has 6 heteroatoms. The zero-order valence-corrected chi connectivity index (χ0v) is 9.01. The van der Waals surface area contributed by atoms with Crippen molar-refractivity contribution in [2.75, 3.05) is 0 Å². The smallest absolute Gasteiger partial charge is 0.236 e. The van der Waals surface area contributed by atoms with E-state index in [0.29, 0.717) is 0 Å². The average Bonchev–Trinajstić information content (AvgIpc) is 2.07. The van der Waals surface area contributed by atoms with Crippen molar-refractivity contribution >= 4 is 57.4 Å². The van der Waals surface area contributed by atoms with Gasteiger partial charge >= 0.3 is 0 Å². The Balaban J connectivity index is 3.15. The van der Waals surface area contributed by atoms with Crippen molar-refractivity contribution in [2.45, 2.75) is 0 Å². The molecule has 0 heterocycles. The normalized spacial score (nSPS) is 23.2. The first-order valence-electron chi connectivity index (χ1n) is 3.11. The Bertz CT molecular complexity index is 342. The second-order valence-electron chi connectivity index (χ2n) is 2.29. The van der Waals surface area contributed by atoms with E-state index in [1.54, 1.807) is 0 Å². The van der Waals surface area contributed by atoms with E-state index in [4.69, 9.17) is 46.4 Å². The van der Waals surface area contributed by atoms with Gasteiger partial charge < -0.3 is 0 Å². The lowest BCUT2D eigenvalue weighted by molar-refractivity contribution is -0.124. The van der Waals surface area contributed by atoms with Gasteiger partial charge in [0.1, 0.15) is 11.0 Å². The second kappa shape index (κ2) is 4.01. The van der Waals surface area contributed by atoms with Crippen molar-refractivity contribution in [2.24, 2.45) is 5.92 Å². The summed E-state index contributed by atoms with van der Waals surface area (Å²) in [5.74, 6) is -1.75. The standard InChI is InChI=1S/C7H2Cl4O2/c8-3-1-2(7(11)13)6(12)5(10)4(3)9/h1-2H/t2-/m0/s1. The van der Waals surface area contributed by atoms with Gasteiger partial charge in [0.25, 0.3) is 0 Å². The molecule has 0 N–H and O–H groups in total. The molecule has 1 aliphatic rings. The summed E-state index contributed by atoms with van der Waals surface area (Å²) in [5, 5.41) is -1.08. The number of Topliss-reactive ketones (excluding diaryl/α,β-unsaturated/α-hetero) is 1. The van der Waals surface area contributed by atoms with Gasteiger partial charge in [0.15, 0.2) is 5.78 Å². The second-order valence-corrected chi connectivity index (χ2v) is 3.82. The molecule has 2 nitrogen and oxygen atoms in total. The summed E-state index contributed by atoms with van der Waals surface area (Å²) in [6.45, 7) is 0. The molecule has 0 aromatic carbocycles. The molecule has 0 aromatic rings. The summed E-state index contributed by atoms with van der Waals surface area (Å²) in [4.78, 5) is 22.0. The van der Waals surface area contributed by atoms with E-state index in [9.17, 15) is 9.59 Å². The Hall–Kier alpha value is -0.0200. The lowest BCUT2D eigenvalue weighted by atomic mass is 10.0. The number of allylic oxidation sites excluding steroid dienone is 4. The SMILES string of the molecule is O=C(Cl)[C@H]1C=C(Cl)C(Cl)=C(Cl)C1=O. The maximum atomic E-state index is 11.2. The van der Waals surface area contributed by atoms with Crippen LogP contribution < -0.4 is 0 Å². The third-order valence-electron chi connectivity index (χ3n) is 1.46. The van der Waals surface area contributed by atoms with Crippen molar-refractivity contribution in [3.63, 3.8) is 0 Å². The van der Waals surface area contributed by atoms with Crippen LogP contribution in [0.5, 0.6) is 0 Å². The summed E-state index contributed by atoms with van der Waals surface area (Å²) in [6, 6.07) is 0. The third-order valence-corrected chi connectivity index (χ3v) is 2.97. The first kappa shape index (κ1) is 11.1. The number of hydrogen-bond acceptors (Lipinski definition) is 2. The largest absolute Gasteiger partial charge is 0.292 e. The fraction of sp³-hybridized carbons (Fsp3) is 0.143. The molecule has 0 unspecified atom stereocenters. The van der Waals surface area contributed by atoms with Crippen LogP contribution in [0.25, 0.3) is 0 Å². The molecular formula is C7H2Cl4O2. The Morgan fingerprint density at radius 3 is 2.23 bits per heavy atom. The molecular weight excluding hydrogens is 258 g/mol. The van der Waals surface area contributed by atoms with Crippen molar-refractivity contribution in [1.82, 2.24) is 0 Å². The lowest BCUT2D eigenvalue weighted by Crippen LogP contribution is -2.22. The number of carbonyl (C=O) groups is 2. The molecule has 1 atom stereocenters. The predicted octanol–water partition coefficient (Wildman–Crippen LogP) is 2.76. The molecule has 0 amide bonds. The number of ketones is 1. The van der Waals surface area contributed by atoms with Gasteiger partial charge in [-0.15, -0.1) is 0 Å². The van der Waals surface area contributed by atoms with Gasteiger partial charge in [-0.2, -0.15) is 0 Å². The van der Waals surface area contributed by atoms with E-state index in [1.807, 2.05) is 0 Å². The molecule has 0 saturated carbocycles. The van der Waals surface area contributed by atoms with Gasteiger partial charge in [-0.05, 0) is 17.7 Å². The van der Waals surface area contributed by atoms with E-state index in [0.717, 1.165) is 0 Å². The predicted molar refractivity (Wildman–Crippen MR) is 52.0 cm³/mol. The summed E-state index contributed by atoms with van der Waals surface area (Å²) in [7, 11) is 0. The summed E-state index contributed by atoms with van der Waals surface area (Å²) >= 11 is 21.8. The number of carbonyl (C=O) groups excluding carboxylic acids is 2. The van der Waals surface area contributed by atoms with E-state index in [-0.39, 0.29) is 15.1 Å². The van der Waals surface area contributed by atoms with Gasteiger partial charge in [0, 0.05) is 0 Å². The highest BCUT2D eigenvalue weighted by Gasteiger charge is 2.31. The fourth-order valence-electron chi connectivity index (χ4n) is 0.813. The van der Waals surface area contributed by atoms with Crippen molar-refractivity contribution in [1.29, 1.82) is 0 Å². The van der Waals surface area contributed by atoms with E-state index in [1.165, 1.54) is 6.08 Å². The third kappa shape index (κ3) is 2.08. The van der Waals surface area contributed by atoms with Crippen LogP contribution in [0.2, 0.25) is 0 Å². The molecule has 1 aliphatic carbocycles. The van der Waals surface area contributed by atoms with E-state index >= 15 is 0 Å². The van der Waals surface area contributed by atoms with Gasteiger partial charge in [0.05, 0.1) is 10.1 Å². The minimum atomic E-state index is -1.12. The lowest BCUT2D eigenvalue weighted by Gasteiger charge is -2.13. The molecule has 13 heavy (non-hydrogen) atoms. The number of rotatable bonds is 1. The summed E-state index contributed by atoms with van der Waals surface area (Å²) in [6.07, 6.45) is 1.17. The van der Waals surface area contributed by atoms with Crippen LogP contribution in [0.4, 0.5) is 0 Å². The highest BCUT2D eigenvalue weighted by molar-refractivity contribution is 6.67. The van der Waals surface area contributed by atoms with Crippen LogP contribution in [0.1, 0.15) is 0 Å². The number of halogens is 4. The van der Waals surface area contributed by atoms with Gasteiger partial charge in [-0.25, -0.2) is 0 Å². The molecule has 0 bridgehead atoms. The average molecular weight is 260 g/mol. The molecule has 70 valence electrons. The molecule has 0 fully saturated rings. The van der Waals surface area contributed by atoms with Gasteiger partial charge in [0.2, 0.25) is 5.24 Å². The van der Waals surface area contributed by atoms with Crippen LogP contribution in [0.3, 0.4) is 0 Å². The van der Waals surface area contributed by atoms with Crippen LogP contribution in [-0.4, -0.2) is 11.0 Å². The minimum Gasteiger partial charge on any atom is -0.292 e. The van der Waals surface area contributed by atoms with Crippen LogP contribution >= 0.6 is 46.4 Å².